The molecule has 0 spiro atoms. The summed E-state index contributed by atoms with van der Waals surface area (Å²) in [6.07, 6.45) is 7.00. The second-order valence-corrected chi connectivity index (χ2v) is 5.70. The quantitative estimate of drug-likeness (QED) is 0.787. The Bertz CT molecular complexity index is 365. The van der Waals surface area contributed by atoms with E-state index in [-0.39, 0.29) is 0 Å². The van der Waals surface area contributed by atoms with Crippen molar-refractivity contribution in [3.05, 3.63) is 35.4 Å². The van der Waals surface area contributed by atoms with Crippen LogP contribution < -0.4 is 5.32 Å². The SMILES string of the molecule is CCc1ccccc1CNC(C1CC1)C1CC1. The summed E-state index contributed by atoms with van der Waals surface area (Å²) in [6.45, 7) is 3.32. The highest BCUT2D eigenvalue weighted by atomic mass is 14.9. The number of rotatable bonds is 6. The van der Waals surface area contributed by atoms with Gasteiger partial charge in [-0.15, -0.1) is 0 Å². The van der Waals surface area contributed by atoms with E-state index in [9.17, 15) is 0 Å². The molecule has 0 unspecified atom stereocenters. The van der Waals surface area contributed by atoms with Crippen molar-refractivity contribution < 1.29 is 0 Å². The molecular formula is C16H23N. The van der Waals surface area contributed by atoms with Gasteiger partial charge < -0.3 is 5.32 Å². The summed E-state index contributed by atoms with van der Waals surface area (Å²) in [5.41, 5.74) is 3.01. The van der Waals surface area contributed by atoms with E-state index in [0.29, 0.717) is 0 Å². The first-order valence-corrected chi connectivity index (χ1v) is 7.18. The molecule has 1 aromatic rings. The lowest BCUT2D eigenvalue weighted by Crippen LogP contribution is -2.32. The van der Waals surface area contributed by atoms with Crippen molar-refractivity contribution in [2.45, 2.75) is 51.6 Å². The predicted octanol–water partition coefficient (Wildman–Crippen LogP) is 3.53. The number of hydrogen-bond acceptors (Lipinski definition) is 1. The Hall–Kier alpha value is -0.820. The van der Waals surface area contributed by atoms with Crippen LogP contribution in [-0.4, -0.2) is 6.04 Å². The van der Waals surface area contributed by atoms with Crippen LogP contribution in [0.2, 0.25) is 0 Å². The van der Waals surface area contributed by atoms with Gasteiger partial charge in [-0.1, -0.05) is 31.2 Å². The van der Waals surface area contributed by atoms with E-state index in [1.807, 2.05) is 0 Å². The second-order valence-electron chi connectivity index (χ2n) is 5.70. The Balaban J connectivity index is 1.61. The summed E-state index contributed by atoms with van der Waals surface area (Å²) in [5, 5.41) is 3.83. The molecule has 0 aliphatic heterocycles. The Morgan fingerprint density at radius 1 is 1.06 bits per heavy atom. The van der Waals surface area contributed by atoms with Gasteiger partial charge in [-0.3, -0.25) is 0 Å². The Morgan fingerprint density at radius 2 is 1.65 bits per heavy atom. The average molecular weight is 229 g/mol. The molecule has 0 heterocycles. The summed E-state index contributed by atoms with van der Waals surface area (Å²) in [6, 6.07) is 9.68. The highest BCUT2D eigenvalue weighted by Gasteiger charge is 2.40. The molecule has 0 radical (unpaired) electrons. The smallest absolute Gasteiger partial charge is 0.0211 e. The van der Waals surface area contributed by atoms with Crippen molar-refractivity contribution in [1.29, 1.82) is 0 Å². The van der Waals surface area contributed by atoms with E-state index in [1.54, 1.807) is 0 Å². The zero-order valence-corrected chi connectivity index (χ0v) is 10.8. The molecule has 0 saturated heterocycles. The van der Waals surface area contributed by atoms with Gasteiger partial charge in [-0.2, -0.15) is 0 Å². The second kappa shape index (κ2) is 4.81. The highest BCUT2D eigenvalue weighted by molar-refractivity contribution is 5.27. The minimum Gasteiger partial charge on any atom is -0.309 e. The summed E-state index contributed by atoms with van der Waals surface area (Å²) in [5.74, 6) is 1.99. The van der Waals surface area contributed by atoms with Crippen LogP contribution in [0.15, 0.2) is 24.3 Å². The van der Waals surface area contributed by atoms with Gasteiger partial charge in [-0.25, -0.2) is 0 Å². The molecule has 2 fully saturated rings. The molecule has 1 heteroatoms. The Labute approximate surface area is 105 Å². The molecule has 17 heavy (non-hydrogen) atoms. The molecule has 3 rings (SSSR count). The fourth-order valence-corrected chi connectivity index (χ4v) is 2.93. The van der Waals surface area contributed by atoms with Crippen molar-refractivity contribution in [3.8, 4) is 0 Å². The molecule has 0 aromatic heterocycles. The number of benzene rings is 1. The van der Waals surface area contributed by atoms with Gasteiger partial charge >= 0.3 is 0 Å². The molecule has 1 N–H and O–H groups in total. The van der Waals surface area contributed by atoms with Gasteiger partial charge in [0.1, 0.15) is 0 Å². The minimum atomic E-state index is 0.819. The average Bonchev–Trinajstić information content (AvgIpc) is 3.23. The molecule has 2 aliphatic carbocycles. The first-order chi connectivity index (χ1) is 8.38. The fourth-order valence-electron chi connectivity index (χ4n) is 2.93. The van der Waals surface area contributed by atoms with Crippen molar-refractivity contribution in [2.24, 2.45) is 11.8 Å². The van der Waals surface area contributed by atoms with Crippen molar-refractivity contribution in [3.63, 3.8) is 0 Å². The van der Waals surface area contributed by atoms with E-state index in [2.05, 4.69) is 36.5 Å². The zero-order chi connectivity index (χ0) is 11.7. The lowest BCUT2D eigenvalue weighted by Gasteiger charge is -2.18. The molecule has 2 saturated carbocycles. The van der Waals surface area contributed by atoms with E-state index < -0.39 is 0 Å². The lowest BCUT2D eigenvalue weighted by atomic mass is 10.0. The Kier molecular flexibility index (Phi) is 3.19. The van der Waals surface area contributed by atoms with Crippen LogP contribution in [0.3, 0.4) is 0 Å². The van der Waals surface area contributed by atoms with E-state index >= 15 is 0 Å². The molecule has 92 valence electrons. The first kappa shape index (κ1) is 11.3. The molecule has 1 nitrogen and oxygen atoms in total. The maximum absolute atomic E-state index is 3.83. The third-order valence-corrected chi connectivity index (χ3v) is 4.29. The van der Waals surface area contributed by atoms with E-state index in [4.69, 9.17) is 0 Å². The van der Waals surface area contributed by atoms with Gasteiger partial charge in [0.25, 0.3) is 0 Å². The maximum atomic E-state index is 3.83. The van der Waals surface area contributed by atoms with Gasteiger partial charge in [0.2, 0.25) is 0 Å². The van der Waals surface area contributed by atoms with Crippen LogP contribution >= 0.6 is 0 Å². The van der Waals surface area contributed by atoms with Gasteiger partial charge in [0.15, 0.2) is 0 Å². The van der Waals surface area contributed by atoms with Crippen LogP contribution in [0.1, 0.15) is 43.7 Å². The van der Waals surface area contributed by atoms with E-state index in [0.717, 1.165) is 30.8 Å². The summed E-state index contributed by atoms with van der Waals surface area (Å²) < 4.78 is 0. The van der Waals surface area contributed by atoms with Crippen LogP contribution in [0.25, 0.3) is 0 Å². The van der Waals surface area contributed by atoms with Crippen LogP contribution in [0.5, 0.6) is 0 Å². The van der Waals surface area contributed by atoms with Gasteiger partial charge in [-0.05, 0) is 55.1 Å². The van der Waals surface area contributed by atoms with Gasteiger partial charge in [0.05, 0.1) is 0 Å². The summed E-state index contributed by atoms with van der Waals surface area (Å²) in [4.78, 5) is 0. The van der Waals surface area contributed by atoms with Crippen molar-refractivity contribution in [2.75, 3.05) is 0 Å². The van der Waals surface area contributed by atoms with Crippen molar-refractivity contribution >= 4 is 0 Å². The predicted molar refractivity (Wildman–Crippen MR) is 71.9 cm³/mol. The van der Waals surface area contributed by atoms with Crippen molar-refractivity contribution in [1.82, 2.24) is 5.32 Å². The summed E-state index contributed by atoms with van der Waals surface area (Å²) >= 11 is 0. The van der Waals surface area contributed by atoms with Crippen LogP contribution in [0, 0.1) is 11.8 Å². The number of hydrogen-bond donors (Lipinski definition) is 1. The minimum absolute atomic E-state index is 0.819. The molecular weight excluding hydrogens is 206 g/mol. The molecule has 2 aliphatic rings. The fraction of sp³-hybridized carbons (Fsp3) is 0.625. The first-order valence-electron chi connectivity index (χ1n) is 7.18. The number of aryl methyl sites for hydroxylation is 1. The largest absolute Gasteiger partial charge is 0.309 e. The maximum Gasteiger partial charge on any atom is 0.0211 e. The normalized spacial score (nSPS) is 19.9. The van der Waals surface area contributed by atoms with Crippen LogP contribution in [0.4, 0.5) is 0 Å². The standard InChI is InChI=1S/C16H23N/c1-2-12-5-3-4-6-15(12)11-17-16(13-7-8-13)14-9-10-14/h3-6,13-14,16-17H,2,7-11H2,1H3. The zero-order valence-electron chi connectivity index (χ0n) is 10.8. The van der Waals surface area contributed by atoms with E-state index in [1.165, 1.54) is 36.8 Å². The summed E-state index contributed by atoms with van der Waals surface area (Å²) in [7, 11) is 0. The third-order valence-electron chi connectivity index (χ3n) is 4.29. The van der Waals surface area contributed by atoms with Gasteiger partial charge in [0, 0.05) is 12.6 Å². The van der Waals surface area contributed by atoms with Crippen LogP contribution in [-0.2, 0) is 13.0 Å². The molecule has 1 aromatic carbocycles. The topological polar surface area (TPSA) is 12.0 Å². The third kappa shape index (κ3) is 2.71. The monoisotopic (exact) mass is 229 g/mol. The number of nitrogens with one attached hydrogen (secondary N) is 1. The molecule has 0 bridgehead atoms. The molecule has 0 amide bonds. The highest BCUT2D eigenvalue weighted by Crippen LogP contribution is 2.44. The molecule has 0 atom stereocenters. The lowest BCUT2D eigenvalue weighted by molar-refractivity contribution is 0.415. The Morgan fingerprint density at radius 3 is 2.18 bits per heavy atom.